The van der Waals surface area contributed by atoms with Crippen LogP contribution in [-0.2, 0) is 30.6 Å². The molecule has 0 bridgehead atoms. The third kappa shape index (κ3) is 9.25. The van der Waals surface area contributed by atoms with Gasteiger partial charge in [0.2, 0.25) is 11.0 Å². The van der Waals surface area contributed by atoms with Crippen molar-refractivity contribution in [1.29, 1.82) is 0 Å². The summed E-state index contributed by atoms with van der Waals surface area (Å²) >= 11 is 1.23. The molecule has 0 atom stereocenters. The van der Waals surface area contributed by atoms with Gasteiger partial charge in [0.1, 0.15) is 16.5 Å². The van der Waals surface area contributed by atoms with E-state index in [2.05, 4.69) is 35.5 Å². The van der Waals surface area contributed by atoms with E-state index in [1.165, 1.54) is 29.5 Å². The van der Waals surface area contributed by atoms with Gasteiger partial charge in [0.05, 0.1) is 12.6 Å². The Labute approximate surface area is 225 Å². The number of unbranched alkanes of at least 4 members (excludes halogenated alkanes) is 1. The summed E-state index contributed by atoms with van der Waals surface area (Å²) in [4.78, 5) is 28.9. The predicted octanol–water partition coefficient (Wildman–Crippen LogP) is 4.44. The van der Waals surface area contributed by atoms with Gasteiger partial charge < -0.3 is 10.1 Å². The highest BCUT2D eigenvalue weighted by molar-refractivity contribution is 7.15. The lowest BCUT2D eigenvalue weighted by atomic mass is 10.1. The van der Waals surface area contributed by atoms with Crippen LogP contribution in [0.25, 0.3) is 0 Å². The minimum atomic E-state index is -4.80. The number of halogens is 3. The van der Waals surface area contributed by atoms with Crippen molar-refractivity contribution in [2.45, 2.75) is 51.4 Å². The van der Waals surface area contributed by atoms with Gasteiger partial charge in [-0.15, -0.1) is 28.5 Å². The number of nitrogens with one attached hydrogen (secondary N) is 1. The first-order chi connectivity index (χ1) is 18.7. The monoisotopic (exact) mass is 559 g/mol. The molecule has 0 aliphatic carbocycles. The van der Waals surface area contributed by atoms with Crippen LogP contribution in [0.5, 0.6) is 5.75 Å². The summed E-state index contributed by atoms with van der Waals surface area (Å²) in [5.74, 6) is -0.906. The number of ether oxygens (including phenoxy) is 1. The third-order valence-electron chi connectivity index (χ3n) is 5.40. The average molecular weight is 560 g/mol. The van der Waals surface area contributed by atoms with Gasteiger partial charge in [0.15, 0.2) is 5.78 Å². The van der Waals surface area contributed by atoms with Crippen LogP contribution < -0.4 is 10.1 Å². The molecule has 1 N–H and O–H groups in total. The molecule has 14 heteroatoms. The van der Waals surface area contributed by atoms with E-state index in [0.29, 0.717) is 42.2 Å². The Bertz CT molecular complexity index is 1390. The first-order valence-corrected chi connectivity index (χ1v) is 12.9. The van der Waals surface area contributed by atoms with Crippen LogP contribution in [0.4, 0.5) is 18.3 Å². The lowest BCUT2D eigenvalue weighted by Gasteiger charge is -2.09. The van der Waals surface area contributed by atoms with E-state index < -0.39 is 12.3 Å². The molecular weight excluding hydrogens is 535 g/mol. The Morgan fingerprint density at radius 3 is 2.69 bits per heavy atom. The SMILES string of the molecule is O=C(Cc1cccc(OC(F)(F)F)c1)Nc1nnc(CCCCn2cc(C(=O)CCc3ccccn3)nn2)s1. The van der Waals surface area contributed by atoms with Crippen molar-refractivity contribution in [2.75, 3.05) is 5.32 Å². The number of Topliss-reactive ketones (excluding diaryl/α,β-unsaturated/α-hetero) is 1. The fraction of sp³-hybridized carbons (Fsp3) is 0.320. The highest BCUT2D eigenvalue weighted by Gasteiger charge is 2.31. The van der Waals surface area contributed by atoms with Gasteiger partial charge in [0.25, 0.3) is 0 Å². The Hall–Kier alpha value is -4.20. The third-order valence-corrected chi connectivity index (χ3v) is 6.29. The summed E-state index contributed by atoms with van der Waals surface area (Å²) in [5, 5.41) is 19.7. The molecule has 10 nitrogen and oxygen atoms in total. The quantitative estimate of drug-likeness (QED) is 0.188. The molecule has 3 heterocycles. The van der Waals surface area contributed by atoms with Gasteiger partial charge in [-0.3, -0.25) is 19.3 Å². The van der Waals surface area contributed by atoms with Crippen LogP contribution in [0.2, 0.25) is 0 Å². The zero-order chi connectivity index (χ0) is 27.7. The lowest BCUT2D eigenvalue weighted by molar-refractivity contribution is -0.274. The summed E-state index contributed by atoms with van der Waals surface area (Å²) in [6.45, 7) is 0.583. The van der Waals surface area contributed by atoms with Crippen LogP contribution in [0, 0.1) is 0 Å². The van der Waals surface area contributed by atoms with Crippen molar-refractivity contribution >= 4 is 28.2 Å². The van der Waals surface area contributed by atoms with E-state index >= 15 is 0 Å². The molecule has 3 aromatic heterocycles. The fourth-order valence-electron chi connectivity index (χ4n) is 3.61. The Balaban J connectivity index is 1.16. The van der Waals surface area contributed by atoms with Gasteiger partial charge in [0, 0.05) is 31.3 Å². The lowest BCUT2D eigenvalue weighted by Crippen LogP contribution is -2.17. The number of amides is 1. The van der Waals surface area contributed by atoms with Crippen molar-refractivity contribution in [3.05, 3.63) is 76.8 Å². The number of carbonyl (C=O) groups is 2. The number of benzene rings is 1. The standard InChI is InChI=1S/C25H24F3N7O3S/c26-25(27,28)38-19-8-5-6-17(14-19)15-22(37)30-24-33-32-23(39-24)9-2-4-13-35-16-20(31-34-35)21(36)11-10-18-7-1-3-12-29-18/h1,3,5-8,12,14,16H,2,4,9-11,13,15H2,(H,30,33,37). The topological polar surface area (TPSA) is 125 Å². The molecule has 0 radical (unpaired) electrons. The summed E-state index contributed by atoms with van der Waals surface area (Å²) in [6.07, 6.45) is 1.42. The van der Waals surface area contributed by atoms with Crippen LogP contribution in [0.3, 0.4) is 0 Å². The molecule has 0 aliphatic rings. The highest BCUT2D eigenvalue weighted by atomic mass is 32.1. The normalized spacial score (nSPS) is 11.4. The highest BCUT2D eigenvalue weighted by Crippen LogP contribution is 2.24. The summed E-state index contributed by atoms with van der Waals surface area (Å²) in [7, 11) is 0. The first-order valence-electron chi connectivity index (χ1n) is 12.0. The maximum absolute atomic E-state index is 12.4. The maximum atomic E-state index is 12.4. The number of aryl methyl sites for hydroxylation is 3. The number of ketones is 1. The van der Waals surface area contributed by atoms with Gasteiger partial charge in [-0.25, -0.2) is 0 Å². The van der Waals surface area contributed by atoms with Crippen molar-refractivity contribution in [3.63, 3.8) is 0 Å². The molecule has 0 fully saturated rings. The molecular formula is C25H24F3N7O3S. The number of rotatable bonds is 13. The molecule has 39 heavy (non-hydrogen) atoms. The van der Waals surface area contributed by atoms with Crippen molar-refractivity contribution < 1.29 is 27.5 Å². The molecule has 204 valence electrons. The minimum Gasteiger partial charge on any atom is -0.406 e. The van der Waals surface area contributed by atoms with E-state index in [4.69, 9.17) is 0 Å². The van der Waals surface area contributed by atoms with Gasteiger partial charge in [-0.1, -0.05) is 34.7 Å². The van der Waals surface area contributed by atoms with Gasteiger partial charge >= 0.3 is 6.36 Å². The number of hydrogen-bond donors (Lipinski definition) is 1. The van der Waals surface area contributed by atoms with Crippen molar-refractivity contribution in [3.8, 4) is 5.75 Å². The second-order valence-electron chi connectivity index (χ2n) is 8.49. The number of alkyl halides is 3. The van der Waals surface area contributed by atoms with E-state index in [1.54, 1.807) is 17.1 Å². The minimum absolute atomic E-state index is 0.0855. The molecule has 0 saturated heterocycles. The van der Waals surface area contributed by atoms with E-state index in [9.17, 15) is 22.8 Å². The molecule has 0 spiro atoms. The second-order valence-corrected chi connectivity index (χ2v) is 9.55. The summed E-state index contributed by atoms with van der Waals surface area (Å²) in [5.41, 5.74) is 1.54. The zero-order valence-corrected chi connectivity index (χ0v) is 21.4. The maximum Gasteiger partial charge on any atom is 0.573 e. The second kappa shape index (κ2) is 13.0. The number of pyridine rings is 1. The molecule has 0 unspecified atom stereocenters. The molecule has 0 saturated carbocycles. The first kappa shape index (κ1) is 27.8. The Morgan fingerprint density at radius 2 is 1.90 bits per heavy atom. The summed E-state index contributed by atoms with van der Waals surface area (Å²) < 4.78 is 42.7. The van der Waals surface area contributed by atoms with Crippen LogP contribution in [0.1, 0.15) is 46.0 Å². The van der Waals surface area contributed by atoms with Crippen LogP contribution in [0.15, 0.2) is 54.9 Å². The van der Waals surface area contributed by atoms with E-state index in [0.717, 1.165) is 29.6 Å². The average Bonchev–Trinajstić information content (AvgIpc) is 3.54. The number of hydrogen-bond acceptors (Lipinski definition) is 9. The molecule has 0 aliphatic heterocycles. The van der Waals surface area contributed by atoms with E-state index in [1.807, 2.05) is 18.2 Å². The number of carbonyl (C=O) groups excluding carboxylic acids is 2. The Kier molecular flexibility index (Phi) is 9.31. The van der Waals surface area contributed by atoms with Gasteiger partial charge in [-0.05, 0) is 49.1 Å². The molecule has 1 amide bonds. The molecule has 4 rings (SSSR count). The van der Waals surface area contributed by atoms with Crippen molar-refractivity contribution in [1.82, 2.24) is 30.2 Å². The van der Waals surface area contributed by atoms with Gasteiger partial charge in [-0.2, -0.15) is 0 Å². The van der Waals surface area contributed by atoms with Crippen LogP contribution >= 0.6 is 11.3 Å². The zero-order valence-electron chi connectivity index (χ0n) is 20.6. The van der Waals surface area contributed by atoms with Crippen molar-refractivity contribution in [2.24, 2.45) is 0 Å². The number of anilines is 1. The van der Waals surface area contributed by atoms with Crippen LogP contribution in [-0.4, -0.2) is 48.2 Å². The molecule has 1 aromatic carbocycles. The Morgan fingerprint density at radius 1 is 1.03 bits per heavy atom. The number of nitrogens with zero attached hydrogens (tertiary/aromatic N) is 6. The summed E-state index contributed by atoms with van der Waals surface area (Å²) in [6, 6.07) is 10.8. The number of aromatic nitrogens is 6. The largest absolute Gasteiger partial charge is 0.573 e. The van der Waals surface area contributed by atoms with E-state index in [-0.39, 0.29) is 18.0 Å². The smallest absolute Gasteiger partial charge is 0.406 e. The predicted molar refractivity (Wildman–Crippen MR) is 135 cm³/mol. The fourth-order valence-corrected chi connectivity index (χ4v) is 4.41. The molecule has 4 aromatic rings.